The first-order chi connectivity index (χ1) is 12.2. The van der Waals surface area contributed by atoms with Crippen LogP contribution in [0.3, 0.4) is 0 Å². The number of furan rings is 1. The second-order valence-electron chi connectivity index (χ2n) is 7.51. The molecule has 1 aliphatic carbocycles. The molecule has 1 saturated carbocycles. The predicted molar refractivity (Wildman–Crippen MR) is 97.1 cm³/mol. The van der Waals surface area contributed by atoms with E-state index in [-0.39, 0.29) is 11.9 Å². The molecule has 140 valence electrons. The Hall–Kier alpha value is -1.33. The summed E-state index contributed by atoms with van der Waals surface area (Å²) in [5.41, 5.74) is 0. The minimum atomic E-state index is -0.587. The first-order valence-electron chi connectivity index (χ1n) is 9.94. The van der Waals surface area contributed by atoms with Gasteiger partial charge in [-0.15, -0.1) is 0 Å². The fourth-order valence-electron chi connectivity index (χ4n) is 4.52. The highest BCUT2D eigenvalue weighted by Crippen LogP contribution is 2.28. The monoisotopic (exact) mass is 348 g/mol. The number of hydrogen-bond acceptors (Lipinski definition) is 4. The summed E-state index contributed by atoms with van der Waals surface area (Å²) < 4.78 is 5.31. The van der Waals surface area contributed by atoms with Crippen molar-refractivity contribution >= 4 is 5.91 Å². The number of carbonyl (C=O) groups excluding carboxylic acids is 1. The molecule has 1 amide bonds. The standard InChI is InChI=1S/C20H32N2O3/c1-2-22(16-8-4-3-5-9-16)20(24)15-21-12-6-10-17(21)14-18(23)19-11-7-13-25-19/h7,11,13,16-18,23H,2-6,8-10,12,14-15H2,1H3. The molecule has 2 unspecified atom stereocenters. The maximum absolute atomic E-state index is 12.9. The molecular weight excluding hydrogens is 316 g/mol. The van der Waals surface area contributed by atoms with Gasteiger partial charge >= 0.3 is 0 Å². The van der Waals surface area contributed by atoms with E-state index >= 15 is 0 Å². The van der Waals surface area contributed by atoms with Gasteiger partial charge < -0.3 is 14.4 Å². The average molecular weight is 348 g/mol. The van der Waals surface area contributed by atoms with Crippen LogP contribution in [0.1, 0.15) is 70.2 Å². The van der Waals surface area contributed by atoms with Crippen LogP contribution >= 0.6 is 0 Å². The van der Waals surface area contributed by atoms with Crippen molar-refractivity contribution in [2.24, 2.45) is 0 Å². The SMILES string of the molecule is CCN(C(=O)CN1CCCC1CC(O)c1ccco1)C1CCCCC1. The first kappa shape index (κ1) is 18.5. The average Bonchev–Trinajstić information content (AvgIpc) is 3.29. The van der Waals surface area contributed by atoms with Crippen molar-refractivity contribution in [3.05, 3.63) is 24.2 Å². The number of amides is 1. The van der Waals surface area contributed by atoms with Crippen molar-refractivity contribution in [2.45, 2.75) is 76.5 Å². The van der Waals surface area contributed by atoms with Crippen LogP contribution in [0, 0.1) is 0 Å². The zero-order valence-corrected chi connectivity index (χ0v) is 15.4. The van der Waals surface area contributed by atoms with E-state index in [0.29, 0.717) is 24.8 Å². The Bertz CT molecular complexity index is 525. The van der Waals surface area contributed by atoms with Crippen molar-refractivity contribution in [3.63, 3.8) is 0 Å². The topological polar surface area (TPSA) is 56.9 Å². The van der Waals surface area contributed by atoms with Gasteiger partial charge in [0.15, 0.2) is 0 Å². The minimum absolute atomic E-state index is 0.258. The molecule has 5 heteroatoms. The van der Waals surface area contributed by atoms with Crippen molar-refractivity contribution in [3.8, 4) is 0 Å². The van der Waals surface area contributed by atoms with Crippen LogP contribution in [-0.2, 0) is 4.79 Å². The molecule has 0 bridgehead atoms. The molecule has 1 aliphatic heterocycles. The molecule has 2 aliphatic rings. The largest absolute Gasteiger partial charge is 0.467 e. The van der Waals surface area contributed by atoms with E-state index in [1.807, 2.05) is 6.07 Å². The van der Waals surface area contributed by atoms with Gasteiger partial charge in [0.25, 0.3) is 0 Å². The lowest BCUT2D eigenvalue weighted by atomic mass is 9.94. The summed E-state index contributed by atoms with van der Waals surface area (Å²) in [7, 11) is 0. The van der Waals surface area contributed by atoms with Crippen LogP contribution in [0.4, 0.5) is 0 Å². The van der Waals surface area contributed by atoms with Crippen LogP contribution in [0.25, 0.3) is 0 Å². The Balaban J connectivity index is 1.55. The summed E-state index contributed by atoms with van der Waals surface area (Å²) in [5.74, 6) is 0.879. The summed E-state index contributed by atoms with van der Waals surface area (Å²) in [6.45, 7) is 4.33. The molecule has 3 rings (SSSR count). The van der Waals surface area contributed by atoms with Gasteiger partial charge in [-0.3, -0.25) is 9.69 Å². The van der Waals surface area contributed by atoms with E-state index in [0.717, 1.165) is 38.8 Å². The van der Waals surface area contributed by atoms with E-state index in [9.17, 15) is 9.90 Å². The quantitative estimate of drug-likeness (QED) is 0.821. The summed E-state index contributed by atoms with van der Waals surface area (Å²) >= 11 is 0. The maximum atomic E-state index is 12.9. The molecule has 5 nitrogen and oxygen atoms in total. The Kier molecular flexibility index (Phi) is 6.54. The van der Waals surface area contributed by atoms with Crippen LogP contribution in [0.15, 0.2) is 22.8 Å². The minimum Gasteiger partial charge on any atom is -0.467 e. The number of aliphatic hydroxyl groups is 1. The molecule has 2 heterocycles. The van der Waals surface area contributed by atoms with Gasteiger partial charge in [-0.1, -0.05) is 19.3 Å². The number of aliphatic hydroxyl groups excluding tert-OH is 1. The van der Waals surface area contributed by atoms with Crippen LogP contribution < -0.4 is 0 Å². The predicted octanol–water partition coefficient (Wildman–Crippen LogP) is 3.35. The smallest absolute Gasteiger partial charge is 0.236 e. The number of rotatable bonds is 7. The van der Waals surface area contributed by atoms with Crippen molar-refractivity contribution in [1.82, 2.24) is 9.80 Å². The number of likely N-dealkylation sites (N-methyl/N-ethyl adjacent to an activating group) is 1. The molecule has 0 radical (unpaired) electrons. The van der Waals surface area contributed by atoms with Gasteiger partial charge in [0, 0.05) is 18.6 Å². The Morgan fingerprint density at radius 2 is 2.12 bits per heavy atom. The van der Waals surface area contributed by atoms with Crippen LogP contribution in [-0.4, -0.2) is 52.5 Å². The van der Waals surface area contributed by atoms with Crippen molar-refractivity contribution in [2.75, 3.05) is 19.6 Å². The van der Waals surface area contributed by atoms with E-state index in [1.54, 1.807) is 12.3 Å². The van der Waals surface area contributed by atoms with Gasteiger partial charge in [-0.2, -0.15) is 0 Å². The van der Waals surface area contributed by atoms with E-state index in [4.69, 9.17) is 4.42 Å². The molecule has 1 aromatic rings. The van der Waals surface area contributed by atoms with Gasteiger partial charge in [0.1, 0.15) is 11.9 Å². The van der Waals surface area contributed by atoms with Crippen molar-refractivity contribution < 1.29 is 14.3 Å². The highest BCUT2D eigenvalue weighted by atomic mass is 16.4. The molecule has 1 N–H and O–H groups in total. The van der Waals surface area contributed by atoms with Crippen LogP contribution in [0.5, 0.6) is 0 Å². The molecular formula is C20H32N2O3. The van der Waals surface area contributed by atoms with E-state index in [2.05, 4.69) is 16.7 Å². The zero-order valence-electron chi connectivity index (χ0n) is 15.4. The summed E-state index contributed by atoms with van der Waals surface area (Å²) in [6.07, 6.45) is 9.89. The highest BCUT2D eigenvalue weighted by Gasteiger charge is 2.32. The molecule has 2 fully saturated rings. The third-order valence-corrected chi connectivity index (χ3v) is 5.88. The number of likely N-dealkylation sites (tertiary alicyclic amines) is 1. The fourth-order valence-corrected chi connectivity index (χ4v) is 4.52. The molecule has 1 saturated heterocycles. The van der Waals surface area contributed by atoms with Gasteiger partial charge in [-0.05, 0) is 57.7 Å². The highest BCUT2D eigenvalue weighted by molar-refractivity contribution is 5.78. The van der Waals surface area contributed by atoms with Gasteiger partial charge in [0.05, 0.1) is 12.8 Å². The Morgan fingerprint density at radius 3 is 2.80 bits per heavy atom. The normalized spacial score (nSPS) is 23.7. The Morgan fingerprint density at radius 1 is 1.32 bits per heavy atom. The Labute approximate surface area is 151 Å². The molecule has 1 aromatic heterocycles. The zero-order chi connectivity index (χ0) is 17.6. The van der Waals surface area contributed by atoms with Gasteiger partial charge in [0.2, 0.25) is 5.91 Å². The molecule has 25 heavy (non-hydrogen) atoms. The number of carbonyl (C=O) groups is 1. The third-order valence-electron chi connectivity index (χ3n) is 5.88. The lowest BCUT2D eigenvalue weighted by Crippen LogP contribution is -2.47. The van der Waals surface area contributed by atoms with E-state index in [1.165, 1.54) is 19.3 Å². The second-order valence-corrected chi connectivity index (χ2v) is 7.51. The first-order valence-corrected chi connectivity index (χ1v) is 9.94. The van der Waals surface area contributed by atoms with Gasteiger partial charge in [-0.25, -0.2) is 0 Å². The molecule has 0 aromatic carbocycles. The van der Waals surface area contributed by atoms with Crippen LogP contribution in [0.2, 0.25) is 0 Å². The third kappa shape index (κ3) is 4.64. The molecule has 2 atom stereocenters. The number of hydrogen-bond donors (Lipinski definition) is 1. The molecule has 0 spiro atoms. The van der Waals surface area contributed by atoms with E-state index < -0.39 is 6.10 Å². The maximum Gasteiger partial charge on any atom is 0.236 e. The lowest BCUT2D eigenvalue weighted by Gasteiger charge is -2.35. The second kappa shape index (κ2) is 8.86. The summed E-state index contributed by atoms with van der Waals surface area (Å²) in [5, 5.41) is 10.4. The fraction of sp³-hybridized carbons (Fsp3) is 0.750. The van der Waals surface area contributed by atoms with Crippen molar-refractivity contribution in [1.29, 1.82) is 0 Å². The number of nitrogens with zero attached hydrogens (tertiary/aromatic N) is 2. The lowest BCUT2D eigenvalue weighted by molar-refractivity contribution is -0.135. The summed E-state index contributed by atoms with van der Waals surface area (Å²) in [6, 6.07) is 4.31. The summed E-state index contributed by atoms with van der Waals surface area (Å²) in [4.78, 5) is 17.3.